The van der Waals surface area contributed by atoms with Crippen LogP contribution in [-0.2, 0) is 11.2 Å². The molecule has 0 saturated carbocycles. The van der Waals surface area contributed by atoms with E-state index >= 15 is 0 Å². The molecule has 2 heterocycles. The Labute approximate surface area is 120 Å². The SMILES string of the molecule is CCCc1nc(NCC)cc(N2CCNC(=O)C2C)n1. The molecule has 2 N–H and O–H groups in total. The third-order valence-corrected chi connectivity index (χ3v) is 3.38. The number of rotatable bonds is 5. The first-order valence-electron chi connectivity index (χ1n) is 7.31. The van der Waals surface area contributed by atoms with E-state index in [2.05, 4.69) is 27.5 Å². The monoisotopic (exact) mass is 277 g/mol. The molecular weight excluding hydrogens is 254 g/mol. The van der Waals surface area contributed by atoms with Crippen LogP contribution in [-0.4, -0.2) is 41.6 Å². The first kappa shape index (κ1) is 14.6. The highest BCUT2D eigenvalue weighted by molar-refractivity contribution is 5.85. The Morgan fingerprint density at radius 1 is 1.45 bits per heavy atom. The molecule has 1 atom stereocenters. The van der Waals surface area contributed by atoms with E-state index in [-0.39, 0.29) is 11.9 Å². The number of nitrogens with zero attached hydrogens (tertiary/aromatic N) is 3. The number of anilines is 2. The first-order chi connectivity index (χ1) is 9.65. The van der Waals surface area contributed by atoms with Gasteiger partial charge >= 0.3 is 0 Å². The van der Waals surface area contributed by atoms with Crippen LogP contribution in [0.5, 0.6) is 0 Å². The van der Waals surface area contributed by atoms with Crippen molar-refractivity contribution in [3.63, 3.8) is 0 Å². The van der Waals surface area contributed by atoms with Gasteiger partial charge in [-0.25, -0.2) is 9.97 Å². The number of hydrogen-bond acceptors (Lipinski definition) is 5. The normalized spacial score (nSPS) is 18.9. The zero-order chi connectivity index (χ0) is 14.5. The predicted octanol–water partition coefficient (Wildman–Crippen LogP) is 1.19. The molecule has 6 nitrogen and oxygen atoms in total. The molecule has 6 heteroatoms. The highest BCUT2D eigenvalue weighted by Crippen LogP contribution is 2.20. The van der Waals surface area contributed by atoms with E-state index in [0.29, 0.717) is 6.54 Å². The molecule has 1 aliphatic heterocycles. The van der Waals surface area contributed by atoms with Crippen molar-refractivity contribution in [2.24, 2.45) is 0 Å². The number of aromatic nitrogens is 2. The lowest BCUT2D eigenvalue weighted by molar-refractivity contribution is -0.122. The molecule has 1 aromatic heterocycles. The van der Waals surface area contributed by atoms with E-state index in [9.17, 15) is 4.79 Å². The third-order valence-electron chi connectivity index (χ3n) is 3.38. The molecule has 0 aliphatic carbocycles. The summed E-state index contributed by atoms with van der Waals surface area (Å²) in [5.41, 5.74) is 0. The zero-order valence-electron chi connectivity index (χ0n) is 12.4. The van der Waals surface area contributed by atoms with Gasteiger partial charge < -0.3 is 15.5 Å². The summed E-state index contributed by atoms with van der Waals surface area (Å²) in [4.78, 5) is 22.9. The van der Waals surface area contributed by atoms with Crippen molar-refractivity contribution in [2.75, 3.05) is 29.9 Å². The van der Waals surface area contributed by atoms with Crippen LogP contribution in [0.1, 0.15) is 33.0 Å². The van der Waals surface area contributed by atoms with Crippen molar-refractivity contribution in [1.29, 1.82) is 0 Å². The van der Waals surface area contributed by atoms with Crippen LogP contribution in [0.3, 0.4) is 0 Å². The molecular formula is C14H23N5O. The van der Waals surface area contributed by atoms with Gasteiger partial charge in [-0.15, -0.1) is 0 Å². The second-order valence-electron chi connectivity index (χ2n) is 4.97. The van der Waals surface area contributed by atoms with Crippen LogP contribution in [0.25, 0.3) is 0 Å². The number of carbonyl (C=O) groups is 1. The van der Waals surface area contributed by atoms with Gasteiger partial charge in [0.2, 0.25) is 5.91 Å². The Morgan fingerprint density at radius 3 is 2.95 bits per heavy atom. The van der Waals surface area contributed by atoms with Gasteiger partial charge in [0, 0.05) is 32.1 Å². The molecule has 1 aliphatic rings. The van der Waals surface area contributed by atoms with E-state index in [1.54, 1.807) is 0 Å². The molecule has 1 amide bonds. The van der Waals surface area contributed by atoms with Crippen molar-refractivity contribution in [2.45, 2.75) is 39.7 Å². The molecule has 1 fully saturated rings. The minimum absolute atomic E-state index is 0.0527. The van der Waals surface area contributed by atoms with Crippen molar-refractivity contribution in [3.05, 3.63) is 11.9 Å². The average molecular weight is 277 g/mol. The minimum Gasteiger partial charge on any atom is -0.370 e. The first-order valence-corrected chi connectivity index (χ1v) is 7.31. The van der Waals surface area contributed by atoms with E-state index in [4.69, 9.17) is 0 Å². The third kappa shape index (κ3) is 3.18. The number of hydrogen-bond donors (Lipinski definition) is 2. The largest absolute Gasteiger partial charge is 0.370 e. The van der Waals surface area contributed by atoms with Crippen LogP contribution in [0, 0.1) is 0 Å². The smallest absolute Gasteiger partial charge is 0.242 e. The Balaban J connectivity index is 2.31. The molecule has 110 valence electrons. The van der Waals surface area contributed by atoms with Gasteiger partial charge in [-0.1, -0.05) is 6.92 Å². The number of amides is 1. The lowest BCUT2D eigenvalue weighted by atomic mass is 10.2. The van der Waals surface area contributed by atoms with Gasteiger partial charge in [-0.2, -0.15) is 0 Å². The van der Waals surface area contributed by atoms with Crippen LogP contribution < -0.4 is 15.5 Å². The molecule has 20 heavy (non-hydrogen) atoms. The lowest BCUT2D eigenvalue weighted by Gasteiger charge is -2.34. The van der Waals surface area contributed by atoms with Gasteiger partial charge in [0.1, 0.15) is 23.5 Å². The van der Waals surface area contributed by atoms with Gasteiger partial charge in [0.15, 0.2) is 0 Å². The molecule has 2 rings (SSSR count). The molecule has 0 bridgehead atoms. The van der Waals surface area contributed by atoms with Crippen LogP contribution in [0.2, 0.25) is 0 Å². The molecule has 1 aromatic rings. The van der Waals surface area contributed by atoms with Crippen LogP contribution in [0.4, 0.5) is 11.6 Å². The fourth-order valence-electron chi connectivity index (χ4n) is 2.33. The number of aryl methyl sites for hydroxylation is 1. The lowest BCUT2D eigenvalue weighted by Crippen LogP contribution is -2.54. The summed E-state index contributed by atoms with van der Waals surface area (Å²) in [5, 5.41) is 6.10. The van der Waals surface area contributed by atoms with Gasteiger partial charge in [-0.3, -0.25) is 4.79 Å². The molecule has 0 radical (unpaired) electrons. The maximum Gasteiger partial charge on any atom is 0.242 e. The summed E-state index contributed by atoms with van der Waals surface area (Å²) >= 11 is 0. The van der Waals surface area contributed by atoms with E-state index in [1.165, 1.54) is 0 Å². The fraction of sp³-hybridized carbons (Fsp3) is 0.643. The molecule has 1 unspecified atom stereocenters. The number of piperazine rings is 1. The molecule has 1 saturated heterocycles. The van der Waals surface area contributed by atoms with Gasteiger partial charge in [0.05, 0.1) is 0 Å². The van der Waals surface area contributed by atoms with Crippen molar-refractivity contribution in [1.82, 2.24) is 15.3 Å². The highest BCUT2D eigenvalue weighted by Gasteiger charge is 2.27. The summed E-state index contributed by atoms with van der Waals surface area (Å²) in [7, 11) is 0. The second-order valence-corrected chi connectivity index (χ2v) is 4.97. The Kier molecular flexibility index (Phi) is 4.76. The van der Waals surface area contributed by atoms with Crippen molar-refractivity contribution < 1.29 is 4.79 Å². The van der Waals surface area contributed by atoms with E-state index < -0.39 is 0 Å². The minimum atomic E-state index is -0.192. The summed E-state index contributed by atoms with van der Waals surface area (Å²) in [6.07, 6.45) is 1.85. The number of nitrogens with one attached hydrogen (secondary N) is 2. The second kappa shape index (κ2) is 6.54. The van der Waals surface area contributed by atoms with E-state index in [0.717, 1.165) is 43.4 Å². The Bertz CT molecular complexity index is 452. The van der Waals surface area contributed by atoms with Crippen LogP contribution >= 0.6 is 0 Å². The zero-order valence-corrected chi connectivity index (χ0v) is 12.4. The van der Waals surface area contributed by atoms with Gasteiger partial charge in [-0.05, 0) is 20.3 Å². The summed E-state index contributed by atoms with van der Waals surface area (Å²) in [5.74, 6) is 2.55. The summed E-state index contributed by atoms with van der Waals surface area (Å²) in [6.45, 7) is 8.31. The average Bonchev–Trinajstić information content (AvgIpc) is 2.42. The summed E-state index contributed by atoms with van der Waals surface area (Å²) in [6, 6.07) is 1.74. The maximum atomic E-state index is 11.8. The Morgan fingerprint density at radius 2 is 2.25 bits per heavy atom. The highest BCUT2D eigenvalue weighted by atomic mass is 16.2. The number of carbonyl (C=O) groups excluding carboxylic acids is 1. The predicted molar refractivity (Wildman–Crippen MR) is 80.0 cm³/mol. The molecule has 0 aromatic carbocycles. The molecule has 0 spiro atoms. The van der Waals surface area contributed by atoms with E-state index in [1.807, 2.05) is 24.8 Å². The summed E-state index contributed by atoms with van der Waals surface area (Å²) < 4.78 is 0. The van der Waals surface area contributed by atoms with Crippen LogP contribution in [0.15, 0.2) is 6.07 Å². The Hall–Kier alpha value is -1.85. The quantitative estimate of drug-likeness (QED) is 0.846. The van der Waals surface area contributed by atoms with Crippen molar-refractivity contribution in [3.8, 4) is 0 Å². The standard InChI is InChI=1S/C14H23N5O/c1-4-6-11-17-12(15-5-2)9-13(18-11)19-8-7-16-14(20)10(19)3/h9-10H,4-8H2,1-3H3,(H,16,20)(H,15,17,18). The fourth-order valence-corrected chi connectivity index (χ4v) is 2.33. The maximum absolute atomic E-state index is 11.8. The van der Waals surface area contributed by atoms with Gasteiger partial charge in [0.25, 0.3) is 0 Å². The topological polar surface area (TPSA) is 70.2 Å². The van der Waals surface area contributed by atoms with Crippen molar-refractivity contribution >= 4 is 17.5 Å².